The number of nitrogens with zero attached hydrogens (tertiary/aromatic N) is 6. The van der Waals surface area contributed by atoms with Crippen LogP contribution in [0.5, 0.6) is 6.01 Å². The van der Waals surface area contributed by atoms with Crippen LogP contribution in [0.4, 0.5) is 5.82 Å². The Morgan fingerprint density at radius 2 is 2.00 bits per heavy atom. The lowest BCUT2D eigenvalue weighted by atomic mass is 9.92. The van der Waals surface area contributed by atoms with Crippen molar-refractivity contribution in [2.24, 2.45) is 0 Å². The second-order valence-corrected chi connectivity index (χ2v) is 11.5. The molecule has 4 heterocycles. The summed E-state index contributed by atoms with van der Waals surface area (Å²) in [4.78, 5) is 28.7. The van der Waals surface area contributed by atoms with Crippen LogP contribution in [-0.2, 0) is 16.0 Å². The lowest BCUT2D eigenvalue weighted by Gasteiger charge is -2.42. The van der Waals surface area contributed by atoms with E-state index in [4.69, 9.17) is 19.4 Å². The summed E-state index contributed by atoms with van der Waals surface area (Å²) in [5, 5.41) is 11.9. The van der Waals surface area contributed by atoms with Crippen LogP contribution in [0.1, 0.15) is 55.2 Å². The van der Waals surface area contributed by atoms with Gasteiger partial charge in [0.2, 0.25) is 5.91 Å². The van der Waals surface area contributed by atoms with Gasteiger partial charge in [0, 0.05) is 37.7 Å². The van der Waals surface area contributed by atoms with Crippen LogP contribution in [0, 0.1) is 11.3 Å². The molecule has 0 unspecified atom stereocenters. The molecule has 9 heteroatoms. The van der Waals surface area contributed by atoms with Gasteiger partial charge in [0.1, 0.15) is 12.4 Å². The van der Waals surface area contributed by atoms with E-state index in [-0.39, 0.29) is 30.6 Å². The minimum atomic E-state index is -0.264. The molecule has 0 aliphatic carbocycles. The van der Waals surface area contributed by atoms with E-state index < -0.39 is 0 Å². The van der Waals surface area contributed by atoms with Crippen molar-refractivity contribution in [2.45, 2.75) is 56.9 Å². The summed E-state index contributed by atoms with van der Waals surface area (Å²) in [5.41, 5.74) is 3.02. The van der Waals surface area contributed by atoms with Crippen LogP contribution >= 0.6 is 0 Å². The minimum Gasteiger partial charge on any atom is -0.462 e. The van der Waals surface area contributed by atoms with E-state index in [1.165, 1.54) is 16.8 Å². The number of fused-ring (bicyclic) bond motifs is 2. The molecule has 0 N–H and O–H groups in total. The third-order valence-electron chi connectivity index (χ3n) is 8.95. The van der Waals surface area contributed by atoms with Crippen LogP contribution in [0.15, 0.2) is 55.1 Å². The molecular formula is C33H38N6O3. The highest BCUT2D eigenvalue weighted by atomic mass is 16.5. The maximum absolute atomic E-state index is 12.5. The smallest absolute Gasteiger partial charge is 0.318 e. The van der Waals surface area contributed by atoms with E-state index in [9.17, 15) is 10.1 Å². The quantitative estimate of drug-likeness (QED) is 0.383. The van der Waals surface area contributed by atoms with E-state index in [0.29, 0.717) is 44.7 Å². The van der Waals surface area contributed by atoms with Crippen molar-refractivity contribution in [3.8, 4) is 12.1 Å². The number of hydrogen-bond acceptors (Lipinski definition) is 8. The van der Waals surface area contributed by atoms with Crippen LogP contribution in [-0.4, -0.2) is 77.6 Å². The first kappa shape index (κ1) is 28.1. The number of aromatic nitrogens is 2. The molecule has 2 aromatic carbocycles. The molecule has 0 saturated carbocycles. The zero-order chi connectivity index (χ0) is 29.2. The predicted octanol–water partition coefficient (Wildman–Crippen LogP) is 4.59. The molecule has 4 atom stereocenters. The summed E-state index contributed by atoms with van der Waals surface area (Å²) in [6.45, 7) is 8.86. The lowest BCUT2D eigenvalue weighted by Crippen LogP contribution is -2.55. The molecule has 3 aromatic rings. The summed E-state index contributed by atoms with van der Waals surface area (Å²) in [5.74, 6) is 0.617. The summed E-state index contributed by atoms with van der Waals surface area (Å²) in [6, 6.07) is 17.4. The highest BCUT2D eigenvalue weighted by molar-refractivity contribution is 5.87. The first-order chi connectivity index (χ1) is 20.5. The first-order valence-corrected chi connectivity index (χ1v) is 14.9. The molecule has 0 radical (unpaired) electrons. The molecule has 0 bridgehead atoms. The molecule has 3 aliphatic heterocycles. The van der Waals surface area contributed by atoms with Crippen LogP contribution in [0.3, 0.4) is 0 Å². The number of ether oxygens (including phenoxy) is 2. The van der Waals surface area contributed by atoms with Crippen LogP contribution in [0.2, 0.25) is 0 Å². The summed E-state index contributed by atoms with van der Waals surface area (Å²) in [7, 11) is 2.13. The van der Waals surface area contributed by atoms with Gasteiger partial charge in [-0.25, -0.2) is 0 Å². The molecule has 1 aromatic heterocycles. The number of carbonyl (C=O) groups excluding carboxylic acids is 1. The van der Waals surface area contributed by atoms with Crippen LogP contribution < -0.4 is 9.64 Å². The molecule has 42 heavy (non-hydrogen) atoms. The fourth-order valence-corrected chi connectivity index (χ4v) is 6.71. The third-order valence-corrected chi connectivity index (χ3v) is 8.95. The number of benzene rings is 2. The molecule has 2 saturated heterocycles. The zero-order valence-corrected chi connectivity index (χ0v) is 24.4. The van der Waals surface area contributed by atoms with E-state index >= 15 is 0 Å². The fourth-order valence-electron chi connectivity index (χ4n) is 6.71. The highest BCUT2D eigenvalue weighted by Crippen LogP contribution is 2.43. The average Bonchev–Trinajstić information content (AvgIpc) is 3.43. The van der Waals surface area contributed by atoms with Gasteiger partial charge in [0.25, 0.3) is 0 Å². The molecule has 9 nitrogen and oxygen atoms in total. The van der Waals surface area contributed by atoms with E-state index in [1.807, 2.05) is 0 Å². The number of amides is 1. The maximum Gasteiger partial charge on any atom is 0.318 e. The van der Waals surface area contributed by atoms with Crippen LogP contribution in [0.25, 0.3) is 10.8 Å². The van der Waals surface area contributed by atoms with Crippen molar-refractivity contribution in [1.82, 2.24) is 19.8 Å². The Morgan fingerprint density at radius 3 is 2.79 bits per heavy atom. The van der Waals surface area contributed by atoms with Gasteiger partial charge in [-0.05, 0) is 55.8 Å². The Hall–Kier alpha value is -4.00. The van der Waals surface area contributed by atoms with Gasteiger partial charge in [-0.1, -0.05) is 49.0 Å². The molecule has 2 fully saturated rings. The number of likely N-dealkylation sites (tertiary alicyclic amines) is 1. The van der Waals surface area contributed by atoms with Crippen molar-refractivity contribution < 1.29 is 14.3 Å². The Balaban J connectivity index is 1.36. The first-order valence-electron chi connectivity index (χ1n) is 14.9. The standard InChI is InChI=1S/C33H38N6O3/c1-4-30(40)39-18-17-38(20-24(39)14-15-34)32-31-22(2)42-29(27-13-7-10-23-9-5-6-12-26(23)27)19-28(31)35-33(36-32)41-21-25-11-8-16-37(25)3/h4-7,9-10,12-13,22,24-25,29H,1,8,11,14,16-21H2,2-3H3/t22-,24-,25-,29-/m0/s1. The summed E-state index contributed by atoms with van der Waals surface area (Å²) < 4.78 is 13.0. The fraction of sp³-hybridized carbons (Fsp3) is 0.455. The lowest BCUT2D eigenvalue weighted by molar-refractivity contribution is -0.128. The molecule has 0 spiro atoms. The maximum atomic E-state index is 12.5. The SMILES string of the molecule is C=CC(=O)N1CCN(c2nc(OC[C@@H]3CCCN3C)nc3c2[C@H](C)O[C@H](c2cccc4ccccc24)C3)C[C@@H]1CC#N. The number of anilines is 1. The monoisotopic (exact) mass is 566 g/mol. The summed E-state index contributed by atoms with van der Waals surface area (Å²) in [6.07, 6.45) is 3.99. The zero-order valence-electron chi connectivity index (χ0n) is 24.4. The Labute approximate surface area is 247 Å². The second-order valence-electron chi connectivity index (χ2n) is 11.5. The Bertz CT molecular complexity index is 1510. The predicted molar refractivity (Wildman–Crippen MR) is 161 cm³/mol. The number of piperazine rings is 1. The topological polar surface area (TPSA) is 94.8 Å². The van der Waals surface area contributed by atoms with Gasteiger partial charge in [-0.2, -0.15) is 15.2 Å². The third kappa shape index (κ3) is 5.44. The molecule has 1 amide bonds. The van der Waals surface area contributed by atoms with Gasteiger partial charge in [-0.15, -0.1) is 0 Å². The van der Waals surface area contributed by atoms with E-state index in [2.05, 4.69) is 78.9 Å². The van der Waals surface area contributed by atoms with Gasteiger partial charge in [0.15, 0.2) is 0 Å². The Kier molecular flexibility index (Phi) is 8.09. The minimum absolute atomic E-state index is 0.154. The van der Waals surface area contributed by atoms with E-state index in [1.54, 1.807) is 4.90 Å². The van der Waals surface area contributed by atoms with Crippen molar-refractivity contribution >= 4 is 22.5 Å². The Morgan fingerprint density at radius 1 is 1.17 bits per heavy atom. The van der Waals surface area contributed by atoms with Gasteiger partial charge >= 0.3 is 6.01 Å². The number of likely N-dealkylation sites (N-methyl/N-ethyl adjacent to an activating group) is 1. The van der Waals surface area contributed by atoms with Gasteiger partial charge in [-0.3, -0.25) is 4.79 Å². The average molecular weight is 567 g/mol. The number of rotatable bonds is 7. The highest BCUT2D eigenvalue weighted by Gasteiger charge is 2.37. The second kappa shape index (κ2) is 12.1. The van der Waals surface area contributed by atoms with Crippen molar-refractivity contribution in [1.29, 1.82) is 5.26 Å². The van der Waals surface area contributed by atoms with Crippen molar-refractivity contribution in [3.63, 3.8) is 0 Å². The van der Waals surface area contributed by atoms with E-state index in [0.717, 1.165) is 42.0 Å². The number of nitriles is 1. The largest absolute Gasteiger partial charge is 0.462 e. The molecule has 218 valence electrons. The number of carbonyl (C=O) groups is 1. The normalized spacial score (nSPS) is 24.3. The molecule has 3 aliphatic rings. The van der Waals surface area contributed by atoms with Gasteiger partial charge < -0.3 is 24.2 Å². The summed E-state index contributed by atoms with van der Waals surface area (Å²) >= 11 is 0. The van der Waals surface area contributed by atoms with Gasteiger partial charge in [0.05, 0.1) is 36.4 Å². The molecule has 6 rings (SSSR count). The number of hydrogen-bond donors (Lipinski definition) is 0. The molecular weight excluding hydrogens is 528 g/mol. The van der Waals surface area contributed by atoms with Crippen molar-refractivity contribution in [3.05, 3.63) is 71.9 Å². The van der Waals surface area contributed by atoms with Crippen molar-refractivity contribution in [2.75, 3.05) is 44.7 Å².